The fourth-order valence-corrected chi connectivity index (χ4v) is 4.44. The molecular formula is C28H27FN6O. The van der Waals surface area contributed by atoms with E-state index in [1.54, 1.807) is 19.1 Å². The summed E-state index contributed by atoms with van der Waals surface area (Å²) >= 11 is 0. The Morgan fingerprint density at radius 2 is 1.78 bits per heavy atom. The number of anilines is 1. The minimum absolute atomic E-state index is 0.0752. The second kappa shape index (κ2) is 9.65. The first-order valence-electron chi connectivity index (χ1n) is 11.7. The Bertz CT molecular complexity index is 1500. The normalized spacial score (nSPS) is 12.0. The number of rotatable bonds is 7. The van der Waals surface area contributed by atoms with Gasteiger partial charge in [-0.25, -0.2) is 9.07 Å². The molecule has 36 heavy (non-hydrogen) atoms. The molecule has 0 bridgehead atoms. The van der Waals surface area contributed by atoms with Crippen LogP contribution in [-0.4, -0.2) is 46.5 Å². The van der Waals surface area contributed by atoms with Crippen LogP contribution in [0.5, 0.6) is 0 Å². The number of nitrogens with zero attached hydrogens (tertiary/aromatic N) is 4. The zero-order valence-corrected chi connectivity index (χ0v) is 20.4. The summed E-state index contributed by atoms with van der Waals surface area (Å²) < 4.78 is 14.8. The molecule has 0 saturated carbocycles. The third-order valence-corrected chi connectivity index (χ3v) is 6.46. The highest BCUT2D eigenvalue weighted by atomic mass is 19.1. The molecule has 0 fully saturated rings. The second-order valence-corrected chi connectivity index (χ2v) is 8.95. The van der Waals surface area contributed by atoms with Crippen LogP contribution in [0.3, 0.4) is 0 Å². The first-order valence-corrected chi connectivity index (χ1v) is 11.7. The van der Waals surface area contributed by atoms with Crippen LogP contribution in [0, 0.1) is 12.7 Å². The van der Waals surface area contributed by atoms with Gasteiger partial charge in [0.05, 0.1) is 11.4 Å². The summed E-state index contributed by atoms with van der Waals surface area (Å²) in [4.78, 5) is 18.6. The maximum atomic E-state index is 13.3. The Balaban J connectivity index is 1.43. The molecule has 182 valence electrons. The molecule has 2 heterocycles. The number of hydrogen-bond donors (Lipinski definition) is 2. The van der Waals surface area contributed by atoms with Crippen LogP contribution in [0.4, 0.5) is 10.1 Å². The number of H-pyrrole nitrogens is 1. The number of amides is 1. The Kier molecular flexibility index (Phi) is 6.25. The van der Waals surface area contributed by atoms with Crippen LogP contribution >= 0.6 is 0 Å². The van der Waals surface area contributed by atoms with E-state index in [2.05, 4.69) is 55.8 Å². The van der Waals surface area contributed by atoms with Crippen LogP contribution in [0.15, 0.2) is 79.0 Å². The topological polar surface area (TPSA) is 78.8 Å². The predicted molar refractivity (Wildman–Crippen MR) is 139 cm³/mol. The largest absolute Gasteiger partial charge is 0.378 e. The average molecular weight is 483 g/mol. The molecule has 0 aliphatic carbocycles. The zero-order chi connectivity index (χ0) is 25.2. The Labute approximate surface area is 208 Å². The number of nitrogens with one attached hydrogen (secondary N) is 2. The summed E-state index contributed by atoms with van der Waals surface area (Å²) in [6.45, 7) is 2.15. The molecule has 2 aromatic heterocycles. The van der Waals surface area contributed by atoms with Gasteiger partial charge in [-0.15, -0.1) is 5.10 Å². The van der Waals surface area contributed by atoms with E-state index >= 15 is 0 Å². The van der Waals surface area contributed by atoms with E-state index in [0.29, 0.717) is 17.9 Å². The van der Waals surface area contributed by atoms with Crippen molar-refractivity contribution in [3.8, 4) is 5.69 Å². The van der Waals surface area contributed by atoms with Gasteiger partial charge in [-0.3, -0.25) is 4.79 Å². The Morgan fingerprint density at radius 3 is 2.50 bits per heavy atom. The van der Waals surface area contributed by atoms with Crippen molar-refractivity contribution < 1.29 is 9.18 Å². The highest BCUT2D eigenvalue weighted by molar-refractivity contribution is 5.93. The molecule has 1 unspecified atom stereocenters. The van der Waals surface area contributed by atoms with Crippen LogP contribution in [-0.2, 0) is 0 Å². The summed E-state index contributed by atoms with van der Waals surface area (Å²) in [6, 6.07) is 22.4. The SMILES string of the molecule is Cc1c(C(=O)NCC(c2ccc(N(C)C)cc2)c2c[nH]c3ccccc23)nnn1-c1ccc(F)cc1. The number of halogens is 1. The van der Waals surface area contributed by atoms with E-state index in [4.69, 9.17) is 0 Å². The van der Waals surface area contributed by atoms with Crippen molar-refractivity contribution in [2.75, 3.05) is 25.5 Å². The Morgan fingerprint density at radius 1 is 1.06 bits per heavy atom. The van der Waals surface area contributed by atoms with Gasteiger partial charge < -0.3 is 15.2 Å². The minimum Gasteiger partial charge on any atom is -0.378 e. The molecule has 8 heteroatoms. The summed E-state index contributed by atoms with van der Waals surface area (Å²) in [7, 11) is 4.02. The van der Waals surface area contributed by atoms with Gasteiger partial charge in [0.1, 0.15) is 5.82 Å². The molecule has 1 amide bonds. The molecule has 1 atom stereocenters. The molecule has 0 aliphatic rings. The van der Waals surface area contributed by atoms with Crippen LogP contribution in [0.1, 0.15) is 33.2 Å². The molecule has 0 radical (unpaired) electrons. The highest BCUT2D eigenvalue weighted by Gasteiger charge is 2.22. The van der Waals surface area contributed by atoms with E-state index in [-0.39, 0.29) is 23.3 Å². The molecule has 2 N–H and O–H groups in total. The molecule has 0 saturated heterocycles. The van der Waals surface area contributed by atoms with E-state index in [1.165, 1.54) is 16.8 Å². The van der Waals surface area contributed by atoms with E-state index in [1.807, 2.05) is 38.5 Å². The van der Waals surface area contributed by atoms with Gasteiger partial charge in [-0.05, 0) is 60.5 Å². The first kappa shape index (κ1) is 23.3. The lowest BCUT2D eigenvalue weighted by molar-refractivity contribution is 0.0946. The third kappa shape index (κ3) is 4.45. The number of carbonyl (C=O) groups excluding carboxylic acids is 1. The summed E-state index contributed by atoms with van der Waals surface area (Å²) in [5, 5.41) is 12.4. The number of benzene rings is 3. The fourth-order valence-electron chi connectivity index (χ4n) is 4.44. The van der Waals surface area contributed by atoms with Gasteiger partial charge in [0.25, 0.3) is 5.91 Å². The molecular weight excluding hydrogens is 455 g/mol. The van der Waals surface area contributed by atoms with Crippen molar-refractivity contribution in [3.05, 3.63) is 107 Å². The summed E-state index contributed by atoms with van der Waals surface area (Å²) in [5.41, 5.74) is 5.81. The summed E-state index contributed by atoms with van der Waals surface area (Å²) in [5.74, 6) is -0.721. The third-order valence-electron chi connectivity index (χ3n) is 6.46. The first-order chi connectivity index (χ1) is 17.4. The van der Waals surface area contributed by atoms with Crippen molar-refractivity contribution in [2.45, 2.75) is 12.8 Å². The van der Waals surface area contributed by atoms with Crippen LogP contribution in [0.25, 0.3) is 16.6 Å². The van der Waals surface area contributed by atoms with Gasteiger partial charge in [-0.1, -0.05) is 35.5 Å². The number of aromatic amines is 1. The lowest BCUT2D eigenvalue weighted by Crippen LogP contribution is -2.29. The van der Waals surface area contributed by atoms with E-state index < -0.39 is 0 Å². The molecule has 0 spiro atoms. The second-order valence-electron chi connectivity index (χ2n) is 8.95. The van der Waals surface area contributed by atoms with E-state index in [9.17, 15) is 9.18 Å². The van der Waals surface area contributed by atoms with Crippen molar-refractivity contribution in [1.29, 1.82) is 0 Å². The van der Waals surface area contributed by atoms with Gasteiger partial charge in [0.15, 0.2) is 5.69 Å². The average Bonchev–Trinajstić information content (AvgIpc) is 3.49. The quantitative estimate of drug-likeness (QED) is 0.349. The predicted octanol–water partition coefficient (Wildman–Crippen LogP) is 4.82. The molecule has 0 aliphatic heterocycles. The maximum absolute atomic E-state index is 13.3. The maximum Gasteiger partial charge on any atom is 0.273 e. The van der Waals surface area contributed by atoms with Gasteiger partial charge in [0.2, 0.25) is 0 Å². The Hall–Kier alpha value is -4.46. The van der Waals surface area contributed by atoms with Crippen LogP contribution in [0.2, 0.25) is 0 Å². The van der Waals surface area contributed by atoms with E-state index in [0.717, 1.165) is 27.7 Å². The summed E-state index contributed by atoms with van der Waals surface area (Å²) in [6.07, 6.45) is 2.01. The van der Waals surface area contributed by atoms with Gasteiger partial charge in [-0.2, -0.15) is 0 Å². The molecule has 5 rings (SSSR count). The van der Waals surface area contributed by atoms with Crippen molar-refractivity contribution in [2.24, 2.45) is 0 Å². The smallest absolute Gasteiger partial charge is 0.273 e. The number of aromatic nitrogens is 4. The van der Waals surface area contributed by atoms with Gasteiger partial charge in [0, 0.05) is 49.3 Å². The highest BCUT2D eigenvalue weighted by Crippen LogP contribution is 2.31. The lowest BCUT2D eigenvalue weighted by Gasteiger charge is -2.20. The molecule has 5 aromatic rings. The van der Waals surface area contributed by atoms with Crippen molar-refractivity contribution >= 4 is 22.5 Å². The standard InChI is InChI=1S/C28H27FN6O/c1-18-27(32-33-35(18)22-14-10-20(29)11-15-22)28(36)31-16-24(19-8-12-21(13-9-19)34(2)3)25-17-30-26-7-5-4-6-23(25)26/h4-15,17,24,30H,16H2,1-3H3,(H,31,36). The number of carbonyl (C=O) groups is 1. The lowest BCUT2D eigenvalue weighted by atomic mass is 9.90. The monoisotopic (exact) mass is 482 g/mol. The van der Waals surface area contributed by atoms with Crippen LogP contribution < -0.4 is 10.2 Å². The van der Waals surface area contributed by atoms with Gasteiger partial charge >= 0.3 is 0 Å². The van der Waals surface area contributed by atoms with Crippen molar-refractivity contribution in [1.82, 2.24) is 25.3 Å². The fraction of sp³-hybridized carbons (Fsp3) is 0.179. The number of hydrogen-bond acceptors (Lipinski definition) is 4. The van der Waals surface area contributed by atoms with Crippen molar-refractivity contribution in [3.63, 3.8) is 0 Å². The number of para-hydroxylation sites is 1. The number of fused-ring (bicyclic) bond motifs is 1. The minimum atomic E-state index is -0.337. The molecule has 3 aromatic carbocycles. The zero-order valence-electron chi connectivity index (χ0n) is 20.4. The molecule has 7 nitrogen and oxygen atoms in total.